The minimum Gasteiger partial charge on any atom is -0.481 e. The molecule has 1 aliphatic heterocycles. The molecule has 108 valence electrons. The van der Waals surface area contributed by atoms with Gasteiger partial charge >= 0.3 is 5.97 Å². The number of nitrogens with zero attached hydrogens (tertiary/aromatic N) is 1. The summed E-state index contributed by atoms with van der Waals surface area (Å²) in [6.07, 6.45) is 2.82. The van der Waals surface area contributed by atoms with Crippen LogP contribution in [-0.2, 0) is 4.79 Å². The molecule has 0 aliphatic carbocycles. The topological polar surface area (TPSA) is 57.6 Å². The first kappa shape index (κ1) is 15.3. The van der Waals surface area contributed by atoms with Gasteiger partial charge in [-0.1, -0.05) is 12.1 Å². The first-order valence-corrected chi connectivity index (χ1v) is 7.91. The highest BCUT2D eigenvalue weighted by molar-refractivity contribution is 14.1. The number of piperidine rings is 1. The van der Waals surface area contributed by atoms with Crippen molar-refractivity contribution in [2.45, 2.75) is 25.7 Å². The summed E-state index contributed by atoms with van der Waals surface area (Å²) in [5, 5.41) is 8.75. The summed E-state index contributed by atoms with van der Waals surface area (Å²) >= 11 is 2.18. The molecular formula is C15H18INO3. The van der Waals surface area contributed by atoms with Gasteiger partial charge in [0.25, 0.3) is 5.91 Å². The number of hydrogen-bond donors (Lipinski definition) is 1. The minimum absolute atomic E-state index is 0.0648. The van der Waals surface area contributed by atoms with E-state index in [0.717, 1.165) is 28.5 Å². The molecule has 0 bridgehead atoms. The summed E-state index contributed by atoms with van der Waals surface area (Å²) in [5.74, 6) is -0.383. The van der Waals surface area contributed by atoms with E-state index in [1.54, 1.807) is 0 Å². The highest BCUT2D eigenvalue weighted by atomic mass is 127. The van der Waals surface area contributed by atoms with Crippen molar-refractivity contribution in [1.82, 2.24) is 4.90 Å². The predicted molar refractivity (Wildman–Crippen MR) is 84.7 cm³/mol. The Bertz CT molecular complexity index is 504. The van der Waals surface area contributed by atoms with Crippen LogP contribution in [-0.4, -0.2) is 35.0 Å². The first-order valence-electron chi connectivity index (χ1n) is 6.83. The van der Waals surface area contributed by atoms with Crippen LogP contribution in [0.5, 0.6) is 0 Å². The number of carbonyl (C=O) groups excluding carboxylic acids is 1. The summed E-state index contributed by atoms with van der Waals surface area (Å²) in [6.45, 7) is 1.45. The van der Waals surface area contributed by atoms with Crippen LogP contribution in [0.1, 0.15) is 36.0 Å². The standard InChI is InChI=1S/C15H18INO3/c16-13-6-2-1-5-12(13)15(20)17-9-3-4-11(10-17)7-8-14(18)19/h1-2,5-6,11H,3-4,7-10H2,(H,18,19). The van der Waals surface area contributed by atoms with Crippen LogP contribution in [0.25, 0.3) is 0 Å². The quantitative estimate of drug-likeness (QED) is 0.809. The van der Waals surface area contributed by atoms with Crippen molar-refractivity contribution in [2.75, 3.05) is 13.1 Å². The second-order valence-electron chi connectivity index (χ2n) is 5.17. The lowest BCUT2D eigenvalue weighted by atomic mass is 9.93. The van der Waals surface area contributed by atoms with Gasteiger partial charge in [0.15, 0.2) is 0 Å². The smallest absolute Gasteiger partial charge is 0.303 e. The van der Waals surface area contributed by atoms with Gasteiger partial charge in [0.2, 0.25) is 0 Å². The third-order valence-electron chi connectivity index (χ3n) is 3.68. The molecule has 1 N–H and O–H groups in total. The van der Waals surface area contributed by atoms with E-state index in [4.69, 9.17) is 5.11 Å². The van der Waals surface area contributed by atoms with Crippen molar-refractivity contribution >= 4 is 34.5 Å². The zero-order chi connectivity index (χ0) is 14.5. The predicted octanol–water partition coefficient (Wildman–Crippen LogP) is 3.01. The summed E-state index contributed by atoms with van der Waals surface area (Å²) in [5.41, 5.74) is 0.743. The van der Waals surface area contributed by atoms with E-state index in [1.165, 1.54) is 0 Å². The van der Waals surface area contributed by atoms with Gasteiger partial charge in [-0.15, -0.1) is 0 Å². The van der Waals surface area contributed by atoms with E-state index in [2.05, 4.69) is 22.6 Å². The number of benzene rings is 1. The summed E-state index contributed by atoms with van der Waals surface area (Å²) in [6, 6.07) is 7.58. The van der Waals surface area contributed by atoms with Gasteiger partial charge in [-0.25, -0.2) is 0 Å². The molecule has 1 saturated heterocycles. The molecule has 1 amide bonds. The molecular weight excluding hydrogens is 369 g/mol. The van der Waals surface area contributed by atoms with Gasteiger partial charge in [-0.05, 0) is 59.9 Å². The molecule has 0 radical (unpaired) electrons. The van der Waals surface area contributed by atoms with Crippen LogP contribution in [0.2, 0.25) is 0 Å². The fourth-order valence-corrected chi connectivity index (χ4v) is 3.24. The largest absolute Gasteiger partial charge is 0.481 e. The summed E-state index contributed by atoms with van der Waals surface area (Å²) in [7, 11) is 0. The lowest BCUT2D eigenvalue weighted by Gasteiger charge is -2.33. The molecule has 1 aromatic rings. The zero-order valence-corrected chi connectivity index (χ0v) is 13.4. The number of carboxylic acid groups (broad SMARTS) is 1. The monoisotopic (exact) mass is 387 g/mol. The molecule has 1 unspecified atom stereocenters. The van der Waals surface area contributed by atoms with Crippen molar-refractivity contribution < 1.29 is 14.7 Å². The molecule has 4 nitrogen and oxygen atoms in total. The maximum absolute atomic E-state index is 12.5. The van der Waals surface area contributed by atoms with Crippen molar-refractivity contribution in [3.63, 3.8) is 0 Å². The van der Waals surface area contributed by atoms with E-state index >= 15 is 0 Å². The van der Waals surface area contributed by atoms with Crippen LogP contribution < -0.4 is 0 Å². The average molecular weight is 387 g/mol. The Balaban J connectivity index is 2.00. The molecule has 1 aliphatic rings. The Labute approximate surface area is 132 Å². The van der Waals surface area contributed by atoms with E-state index in [9.17, 15) is 9.59 Å². The van der Waals surface area contributed by atoms with Crippen LogP contribution >= 0.6 is 22.6 Å². The zero-order valence-electron chi connectivity index (χ0n) is 11.2. The Morgan fingerprint density at radius 2 is 2.10 bits per heavy atom. The molecule has 1 aromatic carbocycles. The number of hydrogen-bond acceptors (Lipinski definition) is 2. The van der Waals surface area contributed by atoms with Gasteiger partial charge in [0, 0.05) is 23.1 Å². The van der Waals surface area contributed by atoms with E-state index in [0.29, 0.717) is 18.9 Å². The maximum atomic E-state index is 12.5. The summed E-state index contributed by atoms with van der Waals surface area (Å²) in [4.78, 5) is 25.0. The van der Waals surface area contributed by atoms with Gasteiger partial charge in [-0.3, -0.25) is 9.59 Å². The van der Waals surface area contributed by atoms with Gasteiger partial charge < -0.3 is 10.0 Å². The fraction of sp³-hybridized carbons (Fsp3) is 0.467. The Kier molecular flexibility index (Phi) is 5.39. The van der Waals surface area contributed by atoms with E-state index in [1.807, 2.05) is 29.2 Å². The maximum Gasteiger partial charge on any atom is 0.303 e. The third-order valence-corrected chi connectivity index (χ3v) is 4.62. The molecule has 0 spiro atoms. The van der Waals surface area contributed by atoms with Crippen LogP contribution in [0.15, 0.2) is 24.3 Å². The number of rotatable bonds is 4. The van der Waals surface area contributed by atoms with Gasteiger partial charge in [-0.2, -0.15) is 0 Å². The molecule has 1 atom stereocenters. The number of carbonyl (C=O) groups is 2. The Morgan fingerprint density at radius 1 is 1.35 bits per heavy atom. The van der Waals surface area contributed by atoms with Gasteiger partial charge in [0.05, 0.1) is 5.56 Å². The number of carboxylic acids is 1. The van der Waals surface area contributed by atoms with Crippen molar-refractivity contribution in [2.24, 2.45) is 5.92 Å². The van der Waals surface area contributed by atoms with Crippen LogP contribution in [0.4, 0.5) is 0 Å². The normalized spacial score (nSPS) is 18.9. The van der Waals surface area contributed by atoms with Crippen molar-refractivity contribution in [3.8, 4) is 0 Å². The van der Waals surface area contributed by atoms with E-state index in [-0.39, 0.29) is 12.3 Å². The second-order valence-corrected chi connectivity index (χ2v) is 6.33. The molecule has 0 saturated carbocycles. The van der Waals surface area contributed by atoms with Crippen LogP contribution in [0, 0.1) is 9.49 Å². The molecule has 1 fully saturated rings. The lowest BCUT2D eigenvalue weighted by molar-refractivity contribution is -0.137. The second kappa shape index (κ2) is 7.06. The molecule has 0 aromatic heterocycles. The summed E-state index contributed by atoms with van der Waals surface area (Å²) < 4.78 is 0.961. The number of amides is 1. The molecule has 20 heavy (non-hydrogen) atoms. The SMILES string of the molecule is O=C(O)CCC1CCCN(C(=O)c2ccccc2I)C1. The average Bonchev–Trinajstić information content (AvgIpc) is 2.45. The highest BCUT2D eigenvalue weighted by Gasteiger charge is 2.25. The molecule has 1 heterocycles. The molecule has 2 rings (SSSR count). The highest BCUT2D eigenvalue weighted by Crippen LogP contribution is 2.23. The number of likely N-dealkylation sites (tertiary alicyclic amines) is 1. The molecule has 5 heteroatoms. The first-order chi connectivity index (χ1) is 9.58. The lowest BCUT2D eigenvalue weighted by Crippen LogP contribution is -2.40. The Hall–Kier alpha value is -1.11. The van der Waals surface area contributed by atoms with E-state index < -0.39 is 5.97 Å². The van der Waals surface area contributed by atoms with Crippen molar-refractivity contribution in [3.05, 3.63) is 33.4 Å². The minimum atomic E-state index is -0.758. The van der Waals surface area contributed by atoms with Crippen LogP contribution in [0.3, 0.4) is 0 Å². The number of aliphatic carboxylic acids is 1. The van der Waals surface area contributed by atoms with Crippen molar-refractivity contribution in [1.29, 1.82) is 0 Å². The Morgan fingerprint density at radius 3 is 2.80 bits per heavy atom. The third kappa shape index (κ3) is 3.94. The fourth-order valence-electron chi connectivity index (χ4n) is 2.62. The van der Waals surface area contributed by atoms with Gasteiger partial charge in [0.1, 0.15) is 0 Å². The number of halogens is 1.